The van der Waals surface area contributed by atoms with E-state index in [0.717, 1.165) is 72.2 Å². The van der Waals surface area contributed by atoms with Gasteiger partial charge in [0.1, 0.15) is 22.7 Å². The van der Waals surface area contributed by atoms with E-state index in [9.17, 15) is 22.7 Å². The van der Waals surface area contributed by atoms with Crippen LogP contribution in [0.15, 0.2) is 60.7 Å². The molecule has 4 atom stereocenters. The number of aromatic nitrogens is 6. The number of pyridine rings is 2. The fraction of sp³-hybridized carbons (Fsp3) is 0.404. The Morgan fingerprint density at radius 1 is 0.587 bits per heavy atom. The molecule has 9 heterocycles. The smallest absolute Gasteiger partial charge is 0.166 e. The molecule has 0 saturated carbocycles. The highest BCUT2D eigenvalue weighted by atomic mass is 19.2. The van der Waals surface area contributed by atoms with Gasteiger partial charge >= 0.3 is 0 Å². The summed E-state index contributed by atoms with van der Waals surface area (Å²) in [6.07, 6.45) is 1.88. The Balaban J connectivity index is 0.000000150. The zero-order valence-corrected chi connectivity index (χ0v) is 35.7. The van der Waals surface area contributed by atoms with Gasteiger partial charge in [-0.25, -0.2) is 37.5 Å². The maximum absolute atomic E-state index is 14.2. The number of rotatable bonds is 7. The number of nitrogens with zero attached hydrogens (tertiary/aromatic N) is 8. The number of piperazine rings is 2. The highest BCUT2D eigenvalue weighted by Crippen LogP contribution is 2.33. The number of benzene rings is 2. The second-order valence-corrected chi connectivity index (χ2v) is 17.7. The van der Waals surface area contributed by atoms with Crippen molar-refractivity contribution in [1.29, 1.82) is 0 Å². The van der Waals surface area contributed by atoms with Crippen LogP contribution in [0.5, 0.6) is 0 Å². The van der Waals surface area contributed by atoms with Gasteiger partial charge in [0, 0.05) is 85.8 Å². The molecule has 3 fully saturated rings. The Bertz CT molecular complexity index is 3020. The van der Waals surface area contributed by atoms with E-state index in [4.69, 9.17) is 24.7 Å². The van der Waals surface area contributed by atoms with Crippen molar-refractivity contribution in [3.63, 3.8) is 0 Å². The summed E-state index contributed by atoms with van der Waals surface area (Å²) >= 11 is 0. The zero-order valence-electron chi connectivity index (χ0n) is 35.7. The lowest BCUT2D eigenvalue weighted by Gasteiger charge is -2.37. The maximum Gasteiger partial charge on any atom is 0.166 e. The van der Waals surface area contributed by atoms with Gasteiger partial charge in [0.2, 0.25) is 0 Å². The van der Waals surface area contributed by atoms with E-state index in [0.29, 0.717) is 94.8 Å². The molecule has 3 aliphatic rings. The number of aliphatic hydroxyl groups excluding tert-OH is 1. The van der Waals surface area contributed by atoms with Crippen LogP contribution in [-0.4, -0.2) is 104 Å². The number of aliphatic hydroxyl groups is 1. The van der Waals surface area contributed by atoms with E-state index in [1.807, 2.05) is 45.2 Å². The molecule has 3 saturated heterocycles. The highest BCUT2D eigenvalue weighted by molar-refractivity contribution is 5.94. The van der Waals surface area contributed by atoms with Crippen LogP contribution < -0.4 is 20.4 Å². The predicted molar refractivity (Wildman–Crippen MR) is 238 cm³/mol. The average molecular weight is 863 g/mol. The Morgan fingerprint density at radius 2 is 1.03 bits per heavy atom. The number of anilines is 2. The third-order valence-electron chi connectivity index (χ3n) is 12.4. The summed E-state index contributed by atoms with van der Waals surface area (Å²) in [6.45, 7) is 13.5. The summed E-state index contributed by atoms with van der Waals surface area (Å²) in [5.74, 6) is -1.38. The van der Waals surface area contributed by atoms with Gasteiger partial charge < -0.3 is 30.3 Å². The zero-order chi connectivity index (χ0) is 43.7. The molecule has 16 heteroatoms. The van der Waals surface area contributed by atoms with Gasteiger partial charge in [0.05, 0.1) is 46.7 Å². The van der Waals surface area contributed by atoms with Crippen molar-refractivity contribution >= 4 is 66.8 Å². The summed E-state index contributed by atoms with van der Waals surface area (Å²) in [5, 5.41) is 17.6. The molecule has 3 N–H and O–H groups in total. The first-order valence-electron chi connectivity index (χ1n) is 21.8. The minimum atomic E-state index is -0.893. The summed E-state index contributed by atoms with van der Waals surface area (Å²) < 4.78 is 65.4. The molecule has 12 nitrogen and oxygen atoms in total. The molecule has 63 heavy (non-hydrogen) atoms. The van der Waals surface area contributed by atoms with Gasteiger partial charge in [-0.1, -0.05) is 0 Å². The van der Waals surface area contributed by atoms with Crippen molar-refractivity contribution < 1.29 is 27.4 Å². The van der Waals surface area contributed by atoms with Crippen LogP contribution in [-0.2, 0) is 17.6 Å². The minimum Gasteiger partial charge on any atom is -0.396 e. The molecule has 3 aliphatic heterocycles. The van der Waals surface area contributed by atoms with Gasteiger partial charge in [-0.05, 0) is 95.5 Å². The van der Waals surface area contributed by atoms with Gasteiger partial charge in [0.25, 0.3) is 0 Å². The molecule has 6 aromatic heterocycles. The minimum absolute atomic E-state index is 0.0475. The first-order chi connectivity index (χ1) is 30.4. The third-order valence-corrected chi connectivity index (χ3v) is 12.4. The van der Waals surface area contributed by atoms with Crippen molar-refractivity contribution in [3.8, 4) is 0 Å². The number of ether oxygens (including phenoxy) is 1. The summed E-state index contributed by atoms with van der Waals surface area (Å²) in [5.41, 5.74) is 7.13. The lowest BCUT2D eigenvalue weighted by Crippen LogP contribution is -2.54. The standard InChI is InChI=1S/C24H25F2N5O.C23H25F2N5O/c1-13-9-30(10-14(2)27-13)23-4-3-19-24(29-23)31-21-8-18(26)17(25)6-16(21)7-22(31)20(28-19)5-15-11-32-12-15;1-13-11-29(12-14(2)26-13)22-6-5-19-23(28-22)30-20-10-17(25)16(24)8-15(20)9-21(30)18(27-19)4-3-7-31/h3-4,6-8,13-15,27H,5,9-12H2,1-2H3;5-6,8-10,13-14,26,31H,3-4,7,11-12H2,1-2H3/t2*13-,14+. The number of nitrogens with one attached hydrogen (secondary N) is 2. The molecule has 0 aliphatic carbocycles. The molecule has 8 aromatic rings. The molecule has 0 spiro atoms. The number of halogens is 4. The third kappa shape index (κ3) is 7.76. The molecule has 2 aromatic carbocycles. The summed E-state index contributed by atoms with van der Waals surface area (Å²) in [4.78, 5) is 24.1. The maximum atomic E-state index is 14.2. The van der Waals surface area contributed by atoms with Crippen molar-refractivity contribution in [3.05, 3.63) is 95.3 Å². The topological polar surface area (TPSA) is 120 Å². The number of hydrogen-bond donors (Lipinski definition) is 3. The van der Waals surface area contributed by atoms with E-state index in [1.165, 1.54) is 24.3 Å². The van der Waals surface area contributed by atoms with Gasteiger partial charge in [-0.3, -0.25) is 8.80 Å². The van der Waals surface area contributed by atoms with Crippen molar-refractivity contribution in [1.82, 2.24) is 39.4 Å². The molecule has 0 bridgehead atoms. The fourth-order valence-corrected chi connectivity index (χ4v) is 9.69. The largest absolute Gasteiger partial charge is 0.396 e. The second kappa shape index (κ2) is 16.5. The first kappa shape index (κ1) is 41.3. The Kier molecular flexibility index (Phi) is 10.8. The Hall–Kier alpha value is -5.68. The number of aryl methyl sites for hydroxylation is 1. The van der Waals surface area contributed by atoms with Gasteiger partial charge in [-0.15, -0.1) is 0 Å². The van der Waals surface area contributed by atoms with Gasteiger partial charge in [0.15, 0.2) is 34.6 Å². The molecule has 0 radical (unpaired) electrons. The van der Waals surface area contributed by atoms with E-state index in [1.54, 1.807) is 0 Å². The number of hydrogen-bond acceptors (Lipinski definition) is 10. The number of fused-ring (bicyclic) bond motifs is 10. The molecule has 11 rings (SSSR count). The lowest BCUT2D eigenvalue weighted by atomic mass is 10.0. The van der Waals surface area contributed by atoms with Crippen molar-refractivity contribution in [2.45, 2.75) is 71.1 Å². The quantitative estimate of drug-likeness (QED) is 0.143. The lowest BCUT2D eigenvalue weighted by molar-refractivity contribution is -0.0315. The normalized spacial score (nSPS) is 21.0. The second-order valence-electron chi connectivity index (χ2n) is 17.7. The van der Waals surface area contributed by atoms with E-state index >= 15 is 0 Å². The van der Waals surface area contributed by atoms with Crippen LogP contribution in [0.25, 0.3) is 55.2 Å². The first-order valence-corrected chi connectivity index (χ1v) is 21.8. The van der Waals surface area contributed by atoms with Crippen LogP contribution >= 0.6 is 0 Å². The van der Waals surface area contributed by atoms with Gasteiger partial charge in [-0.2, -0.15) is 0 Å². The fourth-order valence-electron chi connectivity index (χ4n) is 9.69. The predicted octanol–water partition coefficient (Wildman–Crippen LogP) is 7.11. The van der Waals surface area contributed by atoms with Crippen LogP contribution in [0, 0.1) is 29.2 Å². The molecule has 328 valence electrons. The summed E-state index contributed by atoms with van der Waals surface area (Å²) in [7, 11) is 0. The van der Waals surface area contributed by atoms with Crippen LogP contribution in [0.3, 0.4) is 0 Å². The molecule has 0 unspecified atom stereocenters. The van der Waals surface area contributed by atoms with Crippen LogP contribution in [0.4, 0.5) is 29.2 Å². The Labute approximate surface area is 360 Å². The molecular formula is C47H50F4N10O2. The van der Waals surface area contributed by atoms with Crippen molar-refractivity contribution in [2.24, 2.45) is 5.92 Å². The Morgan fingerprint density at radius 3 is 1.48 bits per heavy atom. The van der Waals surface area contributed by atoms with E-state index < -0.39 is 23.3 Å². The van der Waals surface area contributed by atoms with Crippen LogP contribution in [0.1, 0.15) is 45.5 Å². The average Bonchev–Trinajstić information content (AvgIpc) is 3.79. The summed E-state index contributed by atoms with van der Waals surface area (Å²) in [6, 6.07) is 17.9. The molecular weight excluding hydrogens is 813 g/mol. The SMILES string of the molecule is C[C@@H]1CN(c2ccc3nc(CC4COC4)c4cc5cc(F)c(F)cc5n4c3n2)C[C@H](C)N1.C[C@@H]1CN(c2ccc3nc(CCCO)c4cc5cc(F)c(F)cc5n4c3n2)C[C@H](C)N1. The molecule has 0 amide bonds. The van der Waals surface area contributed by atoms with Crippen LogP contribution in [0.2, 0.25) is 0 Å². The van der Waals surface area contributed by atoms with E-state index in [-0.39, 0.29) is 6.61 Å². The monoisotopic (exact) mass is 862 g/mol. The van der Waals surface area contributed by atoms with Crippen molar-refractivity contribution in [2.75, 3.05) is 55.8 Å². The van der Waals surface area contributed by atoms with E-state index in [2.05, 4.69) is 48.1 Å². The highest BCUT2D eigenvalue weighted by Gasteiger charge is 2.27.